The normalized spacial score (nSPS) is 20.4. The average Bonchev–Trinajstić information content (AvgIpc) is 3.36. The van der Waals surface area contributed by atoms with E-state index in [2.05, 4.69) is 34.1 Å². The highest BCUT2D eigenvalue weighted by molar-refractivity contribution is 7.89. The number of nitrogens with zero attached hydrogens (tertiary/aromatic N) is 4. The van der Waals surface area contributed by atoms with Gasteiger partial charge in [-0.1, -0.05) is 42.5 Å². The van der Waals surface area contributed by atoms with Crippen LogP contribution in [0.4, 0.5) is 0 Å². The average molecular weight is 465 g/mol. The minimum Gasteiger partial charge on any atom is -0.339 e. The predicted octanol–water partition coefficient (Wildman–Crippen LogP) is 2.73. The fourth-order valence-corrected chi connectivity index (χ4v) is 6.55. The van der Waals surface area contributed by atoms with Crippen molar-refractivity contribution in [2.75, 3.05) is 32.7 Å². The molecule has 0 aliphatic carbocycles. The smallest absolute Gasteiger partial charge is 0.243 e. The van der Waals surface area contributed by atoms with Crippen molar-refractivity contribution in [2.45, 2.75) is 30.3 Å². The van der Waals surface area contributed by atoms with E-state index in [0.717, 1.165) is 30.5 Å². The van der Waals surface area contributed by atoms with Crippen LogP contribution in [0.5, 0.6) is 0 Å². The Labute approximate surface area is 194 Å². The molecule has 1 aromatic heterocycles. The molecule has 0 N–H and O–H groups in total. The first-order valence-electron chi connectivity index (χ1n) is 11.4. The van der Waals surface area contributed by atoms with E-state index in [1.54, 1.807) is 30.3 Å². The summed E-state index contributed by atoms with van der Waals surface area (Å²) in [6.07, 6.45) is 3.10. The Morgan fingerprint density at radius 1 is 0.909 bits per heavy atom. The molecule has 33 heavy (non-hydrogen) atoms. The van der Waals surface area contributed by atoms with Gasteiger partial charge in [-0.2, -0.15) is 4.31 Å². The number of aromatic nitrogens is 1. The zero-order valence-electron chi connectivity index (χ0n) is 18.5. The van der Waals surface area contributed by atoms with Gasteiger partial charge in [-0.15, -0.1) is 0 Å². The summed E-state index contributed by atoms with van der Waals surface area (Å²) in [5.74, 6) is -0.0708. The number of para-hydroxylation sites is 1. The zero-order chi connectivity index (χ0) is 22.8. The van der Waals surface area contributed by atoms with Crippen molar-refractivity contribution in [3.63, 3.8) is 0 Å². The SMILES string of the molecule is O=C(C1CCCN1S(=O)(=O)c1ccccc1)N1CCN(Cc2cccc3cccnc23)CC1. The van der Waals surface area contributed by atoms with Crippen molar-refractivity contribution in [2.24, 2.45) is 0 Å². The number of carbonyl (C=O) groups is 1. The standard InChI is InChI=1S/C25H28N4O3S/c30-25(23-12-6-14-29(23)33(31,32)22-10-2-1-3-11-22)28-17-15-27(16-18-28)19-21-8-4-7-20-9-5-13-26-24(20)21/h1-5,7-11,13,23H,6,12,14-19H2. The highest BCUT2D eigenvalue weighted by Gasteiger charge is 2.41. The van der Waals surface area contributed by atoms with E-state index in [1.807, 2.05) is 17.2 Å². The van der Waals surface area contributed by atoms with Gasteiger partial charge in [0.15, 0.2) is 0 Å². The van der Waals surface area contributed by atoms with Gasteiger partial charge in [-0.3, -0.25) is 14.7 Å². The van der Waals surface area contributed by atoms with Crippen molar-refractivity contribution in [1.29, 1.82) is 0 Å². The molecule has 0 saturated carbocycles. The van der Waals surface area contributed by atoms with Crippen LogP contribution >= 0.6 is 0 Å². The second-order valence-corrected chi connectivity index (χ2v) is 10.6. The fraction of sp³-hybridized carbons (Fsp3) is 0.360. The summed E-state index contributed by atoms with van der Waals surface area (Å²) in [6.45, 7) is 3.90. The van der Waals surface area contributed by atoms with E-state index in [1.165, 1.54) is 9.87 Å². The third-order valence-electron chi connectivity index (χ3n) is 6.63. The van der Waals surface area contributed by atoms with Crippen molar-refractivity contribution >= 4 is 26.8 Å². The predicted molar refractivity (Wildman–Crippen MR) is 127 cm³/mol. The van der Waals surface area contributed by atoms with E-state index < -0.39 is 16.1 Å². The van der Waals surface area contributed by atoms with E-state index in [9.17, 15) is 13.2 Å². The lowest BCUT2D eigenvalue weighted by molar-refractivity contribution is -0.136. The van der Waals surface area contributed by atoms with Gasteiger partial charge in [0, 0.05) is 50.9 Å². The quantitative estimate of drug-likeness (QED) is 0.581. The number of rotatable bonds is 5. The fourth-order valence-electron chi connectivity index (χ4n) is 4.88. The molecule has 3 heterocycles. The zero-order valence-corrected chi connectivity index (χ0v) is 19.3. The number of piperazine rings is 1. The molecule has 2 saturated heterocycles. The maximum atomic E-state index is 13.3. The lowest BCUT2D eigenvalue weighted by atomic mass is 10.1. The number of fused-ring (bicyclic) bond motifs is 1. The van der Waals surface area contributed by atoms with E-state index in [0.29, 0.717) is 32.5 Å². The molecule has 2 aromatic carbocycles. The molecule has 0 spiro atoms. The number of benzene rings is 2. The summed E-state index contributed by atoms with van der Waals surface area (Å²) < 4.78 is 27.7. The molecule has 1 atom stereocenters. The second kappa shape index (κ2) is 9.21. The molecule has 172 valence electrons. The van der Waals surface area contributed by atoms with Gasteiger partial charge in [-0.05, 0) is 36.6 Å². The number of carbonyl (C=O) groups excluding carboxylic acids is 1. The number of pyridine rings is 1. The largest absolute Gasteiger partial charge is 0.339 e. The summed E-state index contributed by atoms with van der Waals surface area (Å²) in [4.78, 5) is 22.3. The summed E-state index contributed by atoms with van der Waals surface area (Å²) in [6, 6.07) is 18.0. The third kappa shape index (κ3) is 4.38. The molecule has 1 amide bonds. The molecule has 2 aliphatic heterocycles. The van der Waals surface area contributed by atoms with Gasteiger partial charge >= 0.3 is 0 Å². The summed E-state index contributed by atoms with van der Waals surface area (Å²) in [7, 11) is -3.68. The van der Waals surface area contributed by atoms with Crippen LogP contribution in [0.2, 0.25) is 0 Å². The lowest BCUT2D eigenvalue weighted by Gasteiger charge is -2.37. The Bertz CT molecular complexity index is 1240. The summed E-state index contributed by atoms with van der Waals surface area (Å²) in [5.41, 5.74) is 2.20. The van der Waals surface area contributed by atoms with Crippen LogP contribution in [-0.4, -0.2) is 72.2 Å². The lowest BCUT2D eigenvalue weighted by Crippen LogP contribution is -2.54. The van der Waals surface area contributed by atoms with Crippen molar-refractivity contribution in [3.8, 4) is 0 Å². The van der Waals surface area contributed by atoms with Crippen LogP contribution in [0.25, 0.3) is 10.9 Å². The number of hydrogen-bond donors (Lipinski definition) is 0. The van der Waals surface area contributed by atoms with Gasteiger partial charge in [0.25, 0.3) is 0 Å². The Morgan fingerprint density at radius 3 is 2.45 bits per heavy atom. The van der Waals surface area contributed by atoms with Gasteiger partial charge < -0.3 is 4.90 Å². The van der Waals surface area contributed by atoms with Crippen molar-refractivity contribution in [3.05, 3.63) is 72.4 Å². The molecule has 3 aromatic rings. The van der Waals surface area contributed by atoms with Crippen molar-refractivity contribution in [1.82, 2.24) is 19.1 Å². The molecule has 2 aliphatic rings. The molecule has 1 unspecified atom stereocenters. The van der Waals surface area contributed by atoms with Crippen LogP contribution in [0.15, 0.2) is 71.8 Å². The Kier molecular flexibility index (Phi) is 6.14. The molecule has 7 nitrogen and oxygen atoms in total. The molecular formula is C25H28N4O3S. The Morgan fingerprint density at radius 2 is 1.67 bits per heavy atom. The molecule has 2 fully saturated rings. The van der Waals surface area contributed by atoms with Gasteiger partial charge in [-0.25, -0.2) is 8.42 Å². The van der Waals surface area contributed by atoms with Crippen LogP contribution in [0.1, 0.15) is 18.4 Å². The molecule has 8 heteroatoms. The van der Waals surface area contributed by atoms with E-state index in [-0.39, 0.29) is 10.8 Å². The van der Waals surface area contributed by atoms with Crippen molar-refractivity contribution < 1.29 is 13.2 Å². The Balaban J connectivity index is 1.24. The first-order chi connectivity index (χ1) is 16.0. The maximum Gasteiger partial charge on any atom is 0.243 e. The summed E-state index contributed by atoms with van der Waals surface area (Å²) >= 11 is 0. The van der Waals surface area contributed by atoms with Crippen LogP contribution < -0.4 is 0 Å². The maximum absolute atomic E-state index is 13.3. The molecule has 0 bridgehead atoms. The van der Waals surface area contributed by atoms with Gasteiger partial charge in [0.1, 0.15) is 6.04 Å². The third-order valence-corrected chi connectivity index (χ3v) is 8.56. The highest BCUT2D eigenvalue weighted by Crippen LogP contribution is 2.28. The number of sulfonamides is 1. The van der Waals surface area contributed by atoms with Gasteiger partial charge in [0.2, 0.25) is 15.9 Å². The van der Waals surface area contributed by atoms with Crippen LogP contribution in [0, 0.1) is 0 Å². The topological polar surface area (TPSA) is 73.8 Å². The van der Waals surface area contributed by atoms with Gasteiger partial charge in [0.05, 0.1) is 10.4 Å². The molecular weight excluding hydrogens is 436 g/mol. The van der Waals surface area contributed by atoms with E-state index >= 15 is 0 Å². The minimum atomic E-state index is -3.68. The van der Waals surface area contributed by atoms with E-state index in [4.69, 9.17) is 0 Å². The summed E-state index contributed by atoms with van der Waals surface area (Å²) in [5, 5.41) is 1.13. The Hall–Kier alpha value is -2.81. The van der Waals surface area contributed by atoms with Crippen LogP contribution in [0.3, 0.4) is 0 Å². The first-order valence-corrected chi connectivity index (χ1v) is 12.9. The second-order valence-electron chi connectivity index (χ2n) is 8.68. The van der Waals surface area contributed by atoms with Crippen LogP contribution in [-0.2, 0) is 21.4 Å². The molecule has 5 rings (SSSR count). The number of hydrogen-bond acceptors (Lipinski definition) is 5. The first kappa shape index (κ1) is 22.0. The number of amides is 1. The highest BCUT2D eigenvalue weighted by atomic mass is 32.2. The molecule has 0 radical (unpaired) electrons. The minimum absolute atomic E-state index is 0.0708. The monoisotopic (exact) mass is 464 g/mol.